The van der Waals surface area contributed by atoms with E-state index in [-0.39, 0.29) is 12.1 Å². The van der Waals surface area contributed by atoms with E-state index in [0.717, 1.165) is 45.4 Å². The van der Waals surface area contributed by atoms with E-state index >= 15 is 0 Å². The first kappa shape index (κ1) is 18.0. The minimum Gasteiger partial charge on any atom is -0.336 e. The molecule has 6 heteroatoms. The lowest BCUT2D eigenvalue weighted by Gasteiger charge is -2.27. The number of fused-ring (bicyclic) bond motifs is 1. The second-order valence-electron chi connectivity index (χ2n) is 7.75. The van der Waals surface area contributed by atoms with E-state index < -0.39 is 0 Å². The number of nitrogens with zero attached hydrogens (tertiary/aromatic N) is 4. The van der Waals surface area contributed by atoms with Crippen LogP contribution in [0.3, 0.4) is 0 Å². The zero-order valence-electron chi connectivity index (χ0n) is 16.1. The molecule has 0 saturated carbocycles. The second kappa shape index (κ2) is 8.13. The van der Waals surface area contributed by atoms with E-state index in [1.165, 1.54) is 11.1 Å². The minimum atomic E-state index is 0.0542. The van der Waals surface area contributed by atoms with Crippen molar-refractivity contribution in [3.8, 4) is 0 Å². The van der Waals surface area contributed by atoms with Gasteiger partial charge < -0.3 is 14.8 Å². The number of aromatic nitrogens is 2. The van der Waals surface area contributed by atoms with Gasteiger partial charge in [0.1, 0.15) is 0 Å². The lowest BCUT2D eigenvalue weighted by atomic mass is 10.1. The first-order valence-electron chi connectivity index (χ1n) is 10.0. The molecule has 1 fully saturated rings. The van der Waals surface area contributed by atoms with Gasteiger partial charge in [0.15, 0.2) is 0 Å². The van der Waals surface area contributed by atoms with Crippen LogP contribution < -0.4 is 5.32 Å². The lowest BCUT2D eigenvalue weighted by molar-refractivity contribution is 0.188. The van der Waals surface area contributed by atoms with Crippen LogP contribution in [0.5, 0.6) is 0 Å². The molecule has 1 aromatic heterocycles. The number of rotatable bonds is 4. The van der Waals surface area contributed by atoms with E-state index in [2.05, 4.69) is 46.4 Å². The Morgan fingerprint density at radius 1 is 1.19 bits per heavy atom. The molecular formula is C21H29N5O. The van der Waals surface area contributed by atoms with Crippen LogP contribution >= 0.6 is 0 Å². The predicted octanol–water partition coefficient (Wildman–Crippen LogP) is 2.33. The predicted molar refractivity (Wildman–Crippen MR) is 106 cm³/mol. The molecule has 2 heterocycles. The molecule has 0 unspecified atom stereocenters. The topological polar surface area (TPSA) is 53.4 Å². The Morgan fingerprint density at radius 3 is 2.67 bits per heavy atom. The Hall–Kier alpha value is -2.34. The van der Waals surface area contributed by atoms with Crippen molar-refractivity contribution in [2.45, 2.75) is 38.3 Å². The van der Waals surface area contributed by atoms with Gasteiger partial charge in [0, 0.05) is 57.2 Å². The highest BCUT2D eigenvalue weighted by Gasteiger charge is 2.28. The van der Waals surface area contributed by atoms with Crippen LogP contribution in [0.15, 0.2) is 43.0 Å². The maximum atomic E-state index is 12.6. The van der Waals surface area contributed by atoms with Gasteiger partial charge in [-0.3, -0.25) is 4.90 Å². The molecule has 1 aliphatic heterocycles. The average molecular weight is 367 g/mol. The fraction of sp³-hybridized carbons (Fsp3) is 0.524. The van der Waals surface area contributed by atoms with E-state index in [0.29, 0.717) is 12.6 Å². The number of hydrogen-bond acceptors (Lipinski definition) is 3. The number of hydrogen-bond donors (Lipinski definition) is 1. The molecule has 1 aliphatic carbocycles. The summed E-state index contributed by atoms with van der Waals surface area (Å²) in [6.45, 7) is 6.38. The smallest absolute Gasteiger partial charge is 0.317 e. The van der Waals surface area contributed by atoms with Gasteiger partial charge in [-0.1, -0.05) is 24.3 Å². The largest absolute Gasteiger partial charge is 0.336 e. The maximum Gasteiger partial charge on any atom is 0.317 e. The van der Waals surface area contributed by atoms with Crippen molar-refractivity contribution >= 4 is 6.03 Å². The molecule has 2 amide bonds. The van der Waals surface area contributed by atoms with Gasteiger partial charge in [0.05, 0.1) is 6.33 Å². The van der Waals surface area contributed by atoms with Crippen LogP contribution in [-0.4, -0.2) is 64.1 Å². The number of carbonyl (C=O) groups excluding carboxylic acids is 1. The summed E-state index contributed by atoms with van der Waals surface area (Å²) in [4.78, 5) is 21.2. The van der Waals surface area contributed by atoms with Gasteiger partial charge in [-0.25, -0.2) is 9.78 Å². The van der Waals surface area contributed by atoms with Gasteiger partial charge in [-0.2, -0.15) is 0 Å². The summed E-state index contributed by atoms with van der Waals surface area (Å²) in [7, 11) is 0. The first-order valence-corrected chi connectivity index (χ1v) is 10.0. The third-order valence-electron chi connectivity index (χ3n) is 5.95. The number of nitrogens with one attached hydrogen (secondary N) is 1. The van der Waals surface area contributed by atoms with Crippen LogP contribution in [0.2, 0.25) is 0 Å². The summed E-state index contributed by atoms with van der Waals surface area (Å²) < 4.78 is 2.02. The van der Waals surface area contributed by atoms with Crippen molar-refractivity contribution in [2.75, 3.05) is 32.7 Å². The number of amides is 2. The van der Waals surface area contributed by atoms with Crippen molar-refractivity contribution in [2.24, 2.45) is 0 Å². The van der Waals surface area contributed by atoms with Gasteiger partial charge in [0.2, 0.25) is 0 Å². The summed E-state index contributed by atoms with van der Waals surface area (Å²) in [6, 6.07) is 9.64. The van der Waals surface area contributed by atoms with Crippen LogP contribution in [-0.2, 0) is 12.8 Å². The van der Waals surface area contributed by atoms with Crippen molar-refractivity contribution in [1.29, 1.82) is 0 Å². The molecular weight excluding hydrogens is 338 g/mol. The van der Waals surface area contributed by atoms with Crippen LogP contribution in [0.4, 0.5) is 4.79 Å². The quantitative estimate of drug-likeness (QED) is 0.902. The Labute approximate surface area is 161 Å². The van der Waals surface area contributed by atoms with Gasteiger partial charge >= 0.3 is 6.03 Å². The standard InChI is InChI=1S/C21H29N5O/c1-17(26-10-7-22-16-26)15-23-21(27)25-9-4-8-24(11-12-25)20-13-18-5-2-3-6-19(18)14-20/h2-3,5-7,10,16-17,20H,4,8-9,11-15H2,1H3,(H,23,27)/t17-/m1/s1. The Kier molecular flexibility index (Phi) is 5.43. The van der Waals surface area contributed by atoms with Crippen molar-refractivity contribution in [3.63, 3.8) is 0 Å². The third kappa shape index (κ3) is 4.16. The number of carbonyl (C=O) groups is 1. The van der Waals surface area contributed by atoms with Gasteiger partial charge in [0.25, 0.3) is 0 Å². The molecule has 0 spiro atoms. The van der Waals surface area contributed by atoms with E-state index in [9.17, 15) is 4.79 Å². The summed E-state index contributed by atoms with van der Waals surface area (Å²) in [5, 5.41) is 3.09. The normalized spacial score (nSPS) is 19.5. The zero-order valence-corrected chi connectivity index (χ0v) is 16.1. The molecule has 1 aromatic carbocycles. The van der Waals surface area contributed by atoms with Gasteiger partial charge in [-0.15, -0.1) is 0 Å². The molecule has 27 heavy (non-hydrogen) atoms. The van der Waals surface area contributed by atoms with Crippen LogP contribution in [0, 0.1) is 0 Å². The Balaban J connectivity index is 1.27. The first-order chi connectivity index (χ1) is 13.2. The van der Waals surface area contributed by atoms with Crippen molar-refractivity contribution in [3.05, 3.63) is 54.1 Å². The monoisotopic (exact) mass is 367 g/mol. The maximum absolute atomic E-state index is 12.6. The zero-order chi connectivity index (χ0) is 18.6. The fourth-order valence-corrected chi connectivity index (χ4v) is 4.28. The number of benzene rings is 1. The molecule has 2 aliphatic rings. The summed E-state index contributed by atoms with van der Waals surface area (Å²) in [5.74, 6) is 0. The molecule has 0 bridgehead atoms. The van der Waals surface area contributed by atoms with E-state index in [4.69, 9.17) is 0 Å². The lowest BCUT2D eigenvalue weighted by Crippen LogP contribution is -2.44. The van der Waals surface area contributed by atoms with Crippen LogP contribution in [0.25, 0.3) is 0 Å². The summed E-state index contributed by atoms with van der Waals surface area (Å²) >= 11 is 0. The number of urea groups is 1. The highest BCUT2D eigenvalue weighted by Crippen LogP contribution is 2.26. The van der Waals surface area contributed by atoms with Crippen molar-refractivity contribution < 1.29 is 4.79 Å². The SMILES string of the molecule is C[C@H](CNC(=O)N1CCCN(C2Cc3ccccc3C2)CC1)n1ccnc1. The highest BCUT2D eigenvalue weighted by atomic mass is 16.2. The van der Waals surface area contributed by atoms with Crippen LogP contribution in [0.1, 0.15) is 30.5 Å². The molecule has 144 valence electrons. The summed E-state index contributed by atoms with van der Waals surface area (Å²) in [5.41, 5.74) is 2.99. The minimum absolute atomic E-state index is 0.0542. The fourth-order valence-electron chi connectivity index (χ4n) is 4.28. The highest BCUT2D eigenvalue weighted by molar-refractivity contribution is 5.74. The third-order valence-corrected chi connectivity index (χ3v) is 5.95. The van der Waals surface area contributed by atoms with Crippen molar-refractivity contribution in [1.82, 2.24) is 24.7 Å². The molecule has 2 aromatic rings. The molecule has 0 radical (unpaired) electrons. The molecule has 1 saturated heterocycles. The van der Waals surface area contributed by atoms with E-state index in [1.54, 1.807) is 12.5 Å². The molecule has 1 atom stereocenters. The molecule has 1 N–H and O–H groups in total. The molecule has 6 nitrogen and oxygen atoms in total. The second-order valence-corrected chi connectivity index (χ2v) is 7.75. The average Bonchev–Trinajstić information content (AvgIpc) is 3.30. The number of imidazole rings is 1. The Bertz CT molecular complexity index is 735. The van der Waals surface area contributed by atoms with Gasteiger partial charge in [-0.05, 0) is 37.3 Å². The summed E-state index contributed by atoms with van der Waals surface area (Å²) in [6.07, 6.45) is 8.82. The van der Waals surface area contributed by atoms with E-state index in [1.807, 2.05) is 15.7 Å². The Morgan fingerprint density at radius 2 is 1.96 bits per heavy atom. The molecule has 4 rings (SSSR count).